The predicted molar refractivity (Wildman–Crippen MR) is 156 cm³/mol. The van der Waals surface area contributed by atoms with Crippen molar-refractivity contribution in [1.82, 2.24) is 15.5 Å². The summed E-state index contributed by atoms with van der Waals surface area (Å²) >= 11 is 0. The Morgan fingerprint density at radius 2 is 1.93 bits per heavy atom. The van der Waals surface area contributed by atoms with Crippen LogP contribution in [0.1, 0.15) is 36.7 Å². The summed E-state index contributed by atoms with van der Waals surface area (Å²) in [5.74, 6) is -7.43. The highest BCUT2D eigenvalue weighted by molar-refractivity contribution is 6.11. The number of benzene rings is 2. The zero-order chi connectivity index (χ0) is 33.7. The zero-order valence-electron chi connectivity index (χ0n) is 25.6. The van der Waals surface area contributed by atoms with E-state index in [1.54, 1.807) is 18.2 Å². The smallest absolute Gasteiger partial charge is 0.341 e. The molecule has 0 aliphatic carbocycles. The molecule has 3 aliphatic rings. The lowest BCUT2D eigenvalue weighted by Gasteiger charge is -2.51. The number of carbonyl (C=O) groups excluding carboxylic acids is 6. The molecule has 0 aromatic heterocycles. The standard InChI is InChI=1S/C31H33N3O12/c1-14-7-6-8-18-19(14)9-17(43-5)10-20(18)26(40)32-13-30(4)24(39)28(41)45-31(46-30)25(23(38)22-11-34(22)16(3)37)44-27(33-29(31)42)21(12-35)15(2)36/h6-10,12,22-25,38-39H,11,13H2,1-5H3,(H,32,40)(H,33,42). The highest BCUT2D eigenvalue weighted by atomic mass is 16.8. The van der Waals surface area contributed by atoms with Gasteiger partial charge in [0.05, 0.1) is 18.7 Å². The third-order valence-electron chi connectivity index (χ3n) is 8.37. The van der Waals surface area contributed by atoms with Crippen LogP contribution in [0.25, 0.3) is 10.8 Å². The van der Waals surface area contributed by atoms with Crippen molar-refractivity contribution in [3.63, 3.8) is 0 Å². The number of hydrogen-bond donors (Lipinski definition) is 4. The van der Waals surface area contributed by atoms with E-state index in [0.717, 1.165) is 17.9 Å². The maximum absolute atomic E-state index is 13.7. The summed E-state index contributed by atoms with van der Waals surface area (Å²) in [5.41, 5.74) is -1.55. The van der Waals surface area contributed by atoms with E-state index < -0.39 is 83.2 Å². The quantitative estimate of drug-likeness (QED) is 0.0712. The van der Waals surface area contributed by atoms with Crippen molar-refractivity contribution in [2.45, 2.75) is 63.4 Å². The minimum Gasteiger partial charge on any atom is -0.497 e. The molecule has 3 saturated heterocycles. The number of aliphatic hydroxyl groups is 2. The molecule has 46 heavy (non-hydrogen) atoms. The van der Waals surface area contributed by atoms with Gasteiger partial charge >= 0.3 is 17.7 Å². The van der Waals surface area contributed by atoms with Gasteiger partial charge in [-0.1, -0.05) is 18.2 Å². The number of aryl methyl sites for hydroxylation is 1. The molecule has 6 unspecified atom stereocenters. The molecule has 3 aliphatic heterocycles. The van der Waals surface area contributed by atoms with E-state index in [-0.39, 0.29) is 18.4 Å². The van der Waals surface area contributed by atoms with E-state index in [9.17, 15) is 39.0 Å². The lowest BCUT2D eigenvalue weighted by atomic mass is 9.91. The molecule has 3 heterocycles. The van der Waals surface area contributed by atoms with Crippen LogP contribution in [0.15, 0.2) is 41.8 Å². The first-order valence-electron chi connectivity index (χ1n) is 14.3. The third kappa shape index (κ3) is 5.46. The number of methoxy groups -OCH3 is 1. The SMILES string of the molecule is COc1cc(C(=O)NCC2(C)OC3(OC(=O)C2O)C(=O)NC(=C(C=O)C(C)=O)OC3C(O)C2CN2C(C)=O)c2cccc(C)c2c1. The van der Waals surface area contributed by atoms with Crippen molar-refractivity contribution in [3.05, 3.63) is 52.9 Å². The summed E-state index contributed by atoms with van der Waals surface area (Å²) < 4.78 is 22.5. The molecule has 6 atom stereocenters. The first-order chi connectivity index (χ1) is 21.7. The molecule has 2 aromatic carbocycles. The van der Waals surface area contributed by atoms with Crippen LogP contribution in [0.2, 0.25) is 0 Å². The van der Waals surface area contributed by atoms with Crippen LogP contribution < -0.4 is 15.4 Å². The summed E-state index contributed by atoms with van der Waals surface area (Å²) in [5, 5.41) is 28.4. The number of aliphatic hydroxyl groups excluding tert-OH is 2. The number of carbonyl (C=O) groups is 6. The molecule has 1 spiro atoms. The Labute approximate surface area is 262 Å². The fourth-order valence-corrected chi connectivity index (χ4v) is 5.67. The van der Waals surface area contributed by atoms with Crippen molar-refractivity contribution in [1.29, 1.82) is 0 Å². The monoisotopic (exact) mass is 639 g/mol. The van der Waals surface area contributed by atoms with Crippen LogP contribution in [-0.2, 0) is 38.2 Å². The third-order valence-corrected chi connectivity index (χ3v) is 8.37. The van der Waals surface area contributed by atoms with E-state index in [1.165, 1.54) is 31.9 Å². The predicted octanol–water partition coefficient (Wildman–Crippen LogP) is -0.618. The first-order valence-corrected chi connectivity index (χ1v) is 14.3. The largest absolute Gasteiger partial charge is 0.497 e. The second-order valence-electron chi connectivity index (χ2n) is 11.6. The summed E-state index contributed by atoms with van der Waals surface area (Å²) in [7, 11) is 1.45. The van der Waals surface area contributed by atoms with Gasteiger partial charge in [0, 0.05) is 20.0 Å². The van der Waals surface area contributed by atoms with Gasteiger partial charge in [-0.05, 0) is 49.2 Å². The number of nitrogens with zero attached hydrogens (tertiary/aromatic N) is 1. The second kappa shape index (κ2) is 11.8. The van der Waals surface area contributed by atoms with Gasteiger partial charge < -0.3 is 39.4 Å². The van der Waals surface area contributed by atoms with Crippen LogP contribution in [0.4, 0.5) is 0 Å². The fourth-order valence-electron chi connectivity index (χ4n) is 5.67. The Kier molecular flexibility index (Phi) is 8.36. The summed E-state index contributed by atoms with van der Waals surface area (Å²) in [6.07, 6.45) is -5.59. The summed E-state index contributed by atoms with van der Waals surface area (Å²) in [6, 6.07) is 7.78. The molecule has 3 amide bonds. The van der Waals surface area contributed by atoms with Gasteiger partial charge in [0.1, 0.15) is 23.0 Å². The van der Waals surface area contributed by atoms with Crippen LogP contribution in [0.5, 0.6) is 5.75 Å². The number of allylic oxidation sites excluding steroid dienone is 1. The molecule has 4 N–H and O–H groups in total. The Balaban J connectivity index is 1.50. The summed E-state index contributed by atoms with van der Waals surface area (Å²) in [6.45, 7) is 4.90. The molecule has 244 valence electrons. The highest BCUT2D eigenvalue weighted by Gasteiger charge is 2.69. The number of Topliss-reactive ketones (excluding diaryl/α,β-unsaturated/α-hetero) is 1. The Morgan fingerprint density at radius 3 is 2.54 bits per heavy atom. The van der Waals surface area contributed by atoms with Gasteiger partial charge in [-0.2, -0.15) is 0 Å². The molecule has 0 saturated carbocycles. The van der Waals surface area contributed by atoms with Crippen molar-refractivity contribution in [2.75, 3.05) is 20.2 Å². The summed E-state index contributed by atoms with van der Waals surface area (Å²) in [4.78, 5) is 77.4. The maximum Gasteiger partial charge on any atom is 0.341 e. The van der Waals surface area contributed by atoms with E-state index in [1.807, 2.05) is 13.0 Å². The van der Waals surface area contributed by atoms with Crippen LogP contribution in [0, 0.1) is 6.92 Å². The number of rotatable bonds is 8. The van der Waals surface area contributed by atoms with E-state index >= 15 is 0 Å². The van der Waals surface area contributed by atoms with E-state index in [0.29, 0.717) is 11.1 Å². The molecule has 2 aromatic rings. The molecule has 5 rings (SSSR count). The molecular weight excluding hydrogens is 606 g/mol. The number of esters is 1. The molecule has 3 fully saturated rings. The minimum absolute atomic E-state index is 0.0538. The first kappa shape index (κ1) is 32.5. The zero-order valence-corrected chi connectivity index (χ0v) is 25.6. The van der Waals surface area contributed by atoms with E-state index in [2.05, 4.69) is 10.6 Å². The molecule has 15 nitrogen and oxygen atoms in total. The van der Waals surface area contributed by atoms with E-state index in [4.69, 9.17) is 18.9 Å². The van der Waals surface area contributed by atoms with Crippen molar-refractivity contribution >= 4 is 46.5 Å². The number of fused-ring (bicyclic) bond motifs is 1. The van der Waals surface area contributed by atoms with Crippen molar-refractivity contribution in [2.24, 2.45) is 0 Å². The van der Waals surface area contributed by atoms with Gasteiger partial charge in [-0.15, -0.1) is 0 Å². The number of hydrogen-bond acceptors (Lipinski definition) is 12. The molecular formula is C31H33N3O12. The highest BCUT2D eigenvalue weighted by Crippen LogP contribution is 2.42. The number of ketones is 1. The minimum atomic E-state index is -2.80. The number of ether oxygens (including phenoxy) is 4. The van der Waals surface area contributed by atoms with Gasteiger partial charge in [0.25, 0.3) is 5.91 Å². The lowest BCUT2D eigenvalue weighted by Crippen LogP contribution is -2.75. The molecule has 0 radical (unpaired) electrons. The van der Waals surface area contributed by atoms with Gasteiger partial charge in [0.2, 0.25) is 17.9 Å². The molecule has 15 heteroatoms. The Hall–Kier alpha value is -4.86. The fraction of sp³-hybridized carbons (Fsp3) is 0.419. The van der Waals surface area contributed by atoms with Crippen LogP contribution >= 0.6 is 0 Å². The Morgan fingerprint density at radius 1 is 1.22 bits per heavy atom. The Bertz CT molecular complexity index is 1700. The van der Waals surface area contributed by atoms with Gasteiger partial charge in [-0.25, -0.2) is 4.79 Å². The average molecular weight is 640 g/mol. The topological polar surface area (TPSA) is 207 Å². The van der Waals surface area contributed by atoms with Crippen LogP contribution in [0.3, 0.4) is 0 Å². The normalized spacial score (nSPS) is 28.8. The van der Waals surface area contributed by atoms with Gasteiger partial charge in [0.15, 0.2) is 18.2 Å². The van der Waals surface area contributed by atoms with Crippen molar-refractivity contribution < 1.29 is 57.9 Å². The number of aldehydes is 1. The number of nitrogens with one attached hydrogen (secondary N) is 2. The van der Waals surface area contributed by atoms with Crippen molar-refractivity contribution in [3.8, 4) is 5.75 Å². The maximum atomic E-state index is 13.7. The molecule has 0 bridgehead atoms. The van der Waals surface area contributed by atoms with Crippen LogP contribution in [-0.4, -0.2) is 107 Å². The average Bonchev–Trinajstić information content (AvgIpc) is 3.82. The van der Waals surface area contributed by atoms with Gasteiger partial charge in [-0.3, -0.25) is 29.3 Å². The number of amides is 3. The second-order valence-corrected chi connectivity index (χ2v) is 11.6. The lowest BCUT2D eigenvalue weighted by molar-refractivity contribution is -0.348.